The lowest BCUT2D eigenvalue weighted by Crippen LogP contribution is -2.41. The van der Waals surface area contributed by atoms with Crippen LogP contribution in [0.25, 0.3) is 10.9 Å². The van der Waals surface area contributed by atoms with Gasteiger partial charge in [0.25, 0.3) is 0 Å². The third-order valence-electron chi connectivity index (χ3n) is 7.54. The van der Waals surface area contributed by atoms with Crippen LogP contribution >= 0.6 is 11.3 Å². The average molecular weight is 513 g/mol. The Hall–Kier alpha value is -2.51. The summed E-state index contributed by atoms with van der Waals surface area (Å²) in [5, 5.41) is 12.2. The van der Waals surface area contributed by atoms with E-state index in [1.807, 2.05) is 29.5 Å². The summed E-state index contributed by atoms with van der Waals surface area (Å²) in [6.07, 6.45) is 7.10. The molecule has 4 rings (SSSR count). The number of hydrogen-bond acceptors (Lipinski definition) is 5. The molecule has 36 heavy (non-hydrogen) atoms. The molecule has 3 heterocycles. The fourth-order valence-electron chi connectivity index (χ4n) is 5.53. The number of aryl methyl sites for hydroxylation is 1. The van der Waals surface area contributed by atoms with E-state index in [0.717, 1.165) is 56.2 Å². The molecule has 2 aromatic heterocycles. The molecular weight excluding hydrogens is 475 g/mol. The number of halogens is 1. The first-order valence-electron chi connectivity index (χ1n) is 13.1. The van der Waals surface area contributed by atoms with Gasteiger partial charge in [0.2, 0.25) is 0 Å². The van der Waals surface area contributed by atoms with Gasteiger partial charge in [-0.15, -0.1) is 11.3 Å². The third kappa shape index (κ3) is 7.26. The number of carboxylic acids is 1. The molecule has 0 aliphatic carbocycles. The largest absolute Gasteiger partial charge is 0.497 e. The molecule has 3 aromatic rings. The summed E-state index contributed by atoms with van der Waals surface area (Å²) in [5.74, 6) is 0.601. The number of piperidine rings is 1. The van der Waals surface area contributed by atoms with Crippen LogP contribution in [0.15, 0.2) is 48.0 Å². The quantitative estimate of drug-likeness (QED) is 0.252. The first kappa shape index (κ1) is 26.6. The summed E-state index contributed by atoms with van der Waals surface area (Å²) in [6, 6.07) is 11.6. The minimum atomic E-state index is -1.09. The van der Waals surface area contributed by atoms with Crippen molar-refractivity contribution in [2.24, 2.45) is 11.8 Å². The Labute approximate surface area is 217 Å². The van der Waals surface area contributed by atoms with Crippen LogP contribution in [0.2, 0.25) is 0 Å². The highest BCUT2D eigenvalue weighted by molar-refractivity contribution is 7.09. The molecule has 0 spiro atoms. The second kappa shape index (κ2) is 13.2. The number of benzene rings is 1. The number of hydrogen-bond donors (Lipinski definition) is 1. The lowest BCUT2D eigenvalue weighted by molar-refractivity contribution is -0.137. The maximum atomic E-state index is 15.5. The Morgan fingerprint density at radius 2 is 2.14 bits per heavy atom. The number of unbranched alkanes of at least 4 members (excludes halogenated alkanes) is 1. The van der Waals surface area contributed by atoms with Gasteiger partial charge in [0, 0.05) is 29.4 Å². The van der Waals surface area contributed by atoms with Gasteiger partial charge in [0.15, 0.2) is 0 Å². The molecule has 0 amide bonds. The molecule has 7 heteroatoms. The number of aromatic nitrogens is 1. The number of aliphatic carboxylic acids is 1. The second-order valence-electron chi connectivity index (χ2n) is 9.91. The number of methoxy groups -OCH3 is 1. The van der Waals surface area contributed by atoms with Gasteiger partial charge in [-0.1, -0.05) is 6.07 Å². The van der Waals surface area contributed by atoms with E-state index in [-0.39, 0.29) is 6.42 Å². The number of thiophene rings is 1. The number of rotatable bonds is 13. The molecule has 3 atom stereocenters. The van der Waals surface area contributed by atoms with Crippen LogP contribution in [0.1, 0.15) is 61.6 Å². The number of alkyl halides is 1. The maximum Gasteiger partial charge on any atom is 0.303 e. The zero-order valence-electron chi connectivity index (χ0n) is 21.1. The molecular formula is C29H37FN2O3S. The van der Waals surface area contributed by atoms with Crippen molar-refractivity contribution in [1.82, 2.24) is 9.88 Å². The van der Waals surface area contributed by atoms with Crippen LogP contribution in [-0.4, -0.2) is 47.7 Å². The van der Waals surface area contributed by atoms with Gasteiger partial charge in [0.1, 0.15) is 11.9 Å². The number of pyridine rings is 1. The van der Waals surface area contributed by atoms with E-state index in [1.54, 1.807) is 19.4 Å². The lowest BCUT2D eigenvalue weighted by Gasteiger charge is -2.39. The van der Waals surface area contributed by atoms with Gasteiger partial charge in [-0.05, 0) is 111 Å². The van der Waals surface area contributed by atoms with Crippen LogP contribution in [0.3, 0.4) is 0 Å². The predicted octanol–water partition coefficient (Wildman–Crippen LogP) is 6.92. The van der Waals surface area contributed by atoms with E-state index in [0.29, 0.717) is 36.0 Å². The van der Waals surface area contributed by atoms with Crippen molar-refractivity contribution < 1.29 is 19.0 Å². The topological polar surface area (TPSA) is 62.7 Å². The van der Waals surface area contributed by atoms with Crippen molar-refractivity contribution in [3.8, 4) is 5.75 Å². The maximum absolute atomic E-state index is 15.5. The standard InChI is InChI=1S/C29H37FN2O3S/c1-35-23-9-11-28-26(19-23)25(13-15-31-28)27(30)10-7-21-14-17-32(20-22(21)8-12-29(33)34)16-3-2-5-24-6-4-18-36-24/h4,6,9,11,13,15,18-19,21-22,27H,2-3,5,7-8,10,12,14,16-17,20H2,1H3,(H,33,34)/t21-,22+,27?/m1/s1. The normalized spacial score (nSPS) is 19.4. The highest BCUT2D eigenvalue weighted by Crippen LogP contribution is 2.36. The summed E-state index contributed by atoms with van der Waals surface area (Å²) >= 11 is 1.82. The number of ether oxygens (including phenoxy) is 1. The van der Waals surface area contributed by atoms with Gasteiger partial charge in [-0.25, -0.2) is 4.39 Å². The van der Waals surface area contributed by atoms with Gasteiger partial charge >= 0.3 is 5.97 Å². The molecule has 1 fully saturated rings. The predicted molar refractivity (Wildman–Crippen MR) is 144 cm³/mol. The zero-order valence-corrected chi connectivity index (χ0v) is 21.9. The first-order chi connectivity index (χ1) is 17.5. The van der Waals surface area contributed by atoms with E-state index < -0.39 is 12.1 Å². The Kier molecular flexibility index (Phi) is 9.70. The molecule has 1 aliphatic heterocycles. The van der Waals surface area contributed by atoms with E-state index in [2.05, 4.69) is 27.4 Å². The lowest BCUT2D eigenvalue weighted by atomic mass is 9.79. The summed E-state index contributed by atoms with van der Waals surface area (Å²) in [4.78, 5) is 19.6. The number of nitrogens with zero attached hydrogens (tertiary/aromatic N) is 2. The highest BCUT2D eigenvalue weighted by atomic mass is 32.1. The molecule has 0 radical (unpaired) electrons. The van der Waals surface area contributed by atoms with E-state index >= 15 is 4.39 Å². The molecule has 0 bridgehead atoms. The zero-order chi connectivity index (χ0) is 25.3. The van der Waals surface area contributed by atoms with Crippen molar-refractivity contribution in [3.05, 3.63) is 58.4 Å². The number of fused-ring (bicyclic) bond motifs is 1. The van der Waals surface area contributed by atoms with Crippen molar-refractivity contribution in [1.29, 1.82) is 0 Å². The molecule has 1 aliphatic rings. The van der Waals surface area contributed by atoms with Gasteiger partial charge < -0.3 is 14.7 Å². The number of carboxylic acid groups (broad SMARTS) is 1. The van der Waals surface area contributed by atoms with Crippen molar-refractivity contribution >= 4 is 28.2 Å². The van der Waals surface area contributed by atoms with Gasteiger partial charge in [0.05, 0.1) is 12.6 Å². The summed E-state index contributed by atoms with van der Waals surface area (Å²) in [6.45, 7) is 2.99. The summed E-state index contributed by atoms with van der Waals surface area (Å²) < 4.78 is 20.9. The Bertz CT molecular complexity index is 1110. The van der Waals surface area contributed by atoms with E-state index in [1.165, 1.54) is 11.3 Å². The molecule has 1 saturated heterocycles. The van der Waals surface area contributed by atoms with Crippen molar-refractivity contribution in [3.63, 3.8) is 0 Å². The minimum Gasteiger partial charge on any atom is -0.497 e. The number of likely N-dealkylation sites (tertiary alicyclic amines) is 1. The van der Waals surface area contributed by atoms with E-state index in [9.17, 15) is 9.90 Å². The average Bonchev–Trinajstić information content (AvgIpc) is 3.42. The Morgan fingerprint density at radius 1 is 1.25 bits per heavy atom. The van der Waals surface area contributed by atoms with Gasteiger partial charge in [-0.2, -0.15) is 0 Å². The fourth-order valence-corrected chi connectivity index (χ4v) is 6.28. The van der Waals surface area contributed by atoms with Crippen LogP contribution in [0.4, 0.5) is 4.39 Å². The van der Waals surface area contributed by atoms with Crippen LogP contribution < -0.4 is 4.74 Å². The monoisotopic (exact) mass is 512 g/mol. The molecule has 5 nitrogen and oxygen atoms in total. The fraction of sp³-hybridized carbons (Fsp3) is 0.517. The second-order valence-corrected chi connectivity index (χ2v) is 10.9. The van der Waals surface area contributed by atoms with Crippen LogP contribution in [-0.2, 0) is 11.2 Å². The minimum absolute atomic E-state index is 0.182. The number of carbonyl (C=O) groups is 1. The molecule has 0 saturated carbocycles. The smallest absolute Gasteiger partial charge is 0.303 e. The molecule has 1 unspecified atom stereocenters. The highest BCUT2D eigenvalue weighted by Gasteiger charge is 2.30. The Morgan fingerprint density at radius 3 is 2.92 bits per heavy atom. The van der Waals surface area contributed by atoms with E-state index in [4.69, 9.17) is 4.74 Å². The van der Waals surface area contributed by atoms with Crippen molar-refractivity contribution in [2.45, 2.75) is 57.5 Å². The molecule has 1 aromatic carbocycles. The third-order valence-corrected chi connectivity index (χ3v) is 8.48. The summed E-state index contributed by atoms with van der Waals surface area (Å²) in [7, 11) is 1.61. The van der Waals surface area contributed by atoms with Crippen molar-refractivity contribution in [2.75, 3.05) is 26.7 Å². The Balaban J connectivity index is 1.33. The van der Waals surface area contributed by atoms with Crippen LogP contribution in [0, 0.1) is 11.8 Å². The SMILES string of the molecule is COc1ccc2nccc(C(F)CC[C@@H]3CCN(CCCCc4cccs4)C[C@@H]3CCC(=O)O)c2c1. The molecule has 1 N–H and O–H groups in total. The summed E-state index contributed by atoms with van der Waals surface area (Å²) in [5.41, 5.74) is 1.42. The first-order valence-corrected chi connectivity index (χ1v) is 13.9. The van der Waals surface area contributed by atoms with Crippen LogP contribution in [0.5, 0.6) is 5.75 Å². The molecule has 194 valence electrons. The van der Waals surface area contributed by atoms with Gasteiger partial charge in [-0.3, -0.25) is 9.78 Å².